The van der Waals surface area contributed by atoms with E-state index in [-0.39, 0.29) is 0 Å². The Morgan fingerprint density at radius 2 is 1.90 bits per heavy atom. The highest BCUT2D eigenvalue weighted by Crippen LogP contribution is 2.15. The summed E-state index contributed by atoms with van der Waals surface area (Å²) in [6, 6.07) is 13.6. The summed E-state index contributed by atoms with van der Waals surface area (Å²) < 4.78 is 0. The van der Waals surface area contributed by atoms with Gasteiger partial charge < -0.3 is 5.32 Å². The molecular weight excluding hydrogens is 266 g/mol. The minimum Gasteiger partial charge on any atom is -0.309 e. The fourth-order valence-corrected chi connectivity index (χ4v) is 1.88. The van der Waals surface area contributed by atoms with Crippen molar-refractivity contribution in [1.82, 2.24) is 4.98 Å². The number of hydrogen-bond acceptors (Lipinski definition) is 4. The van der Waals surface area contributed by atoms with E-state index in [2.05, 4.69) is 10.3 Å². The number of Topliss-reactive ketones (excluding diaryl/α,β-unsaturated/α-hetero) is 1. The zero-order chi connectivity index (χ0) is 15.2. The number of benzene rings is 1. The number of aromatic nitrogens is 1. The second kappa shape index (κ2) is 6.44. The molecule has 0 bridgehead atoms. The third-order valence-corrected chi connectivity index (χ3v) is 2.98. The molecule has 1 aromatic heterocycles. The predicted octanol–water partition coefficient (Wildman–Crippen LogP) is 2.35. The Bertz CT molecular complexity index is 705. The van der Waals surface area contributed by atoms with Gasteiger partial charge in [0.05, 0.1) is 6.07 Å². The molecule has 0 saturated heterocycles. The Kier molecular flexibility index (Phi) is 4.42. The highest BCUT2D eigenvalue weighted by Gasteiger charge is 2.28. The average molecular weight is 279 g/mol. The molecule has 1 heterocycles. The summed E-state index contributed by atoms with van der Waals surface area (Å²) in [4.78, 5) is 28.3. The number of nitrogens with one attached hydrogen (secondary N) is 1. The lowest BCUT2D eigenvalue weighted by Gasteiger charge is -2.10. The lowest BCUT2D eigenvalue weighted by molar-refractivity contribution is -0.117. The van der Waals surface area contributed by atoms with E-state index in [9.17, 15) is 9.59 Å². The molecule has 1 unspecified atom stereocenters. The summed E-state index contributed by atoms with van der Waals surface area (Å²) >= 11 is 0. The summed E-state index contributed by atoms with van der Waals surface area (Å²) in [5, 5.41) is 11.6. The van der Waals surface area contributed by atoms with Crippen molar-refractivity contribution in [3.05, 3.63) is 59.8 Å². The first-order valence-corrected chi connectivity index (χ1v) is 6.35. The van der Waals surface area contributed by atoms with Crippen molar-refractivity contribution in [2.75, 3.05) is 5.32 Å². The van der Waals surface area contributed by atoms with Crippen molar-refractivity contribution in [3.8, 4) is 6.07 Å². The van der Waals surface area contributed by atoms with Crippen molar-refractivity contribution in [2.24, 2.45) is 5.92 Å². The zero-order valence-electron chi connectivity index (χ0n) is 11.4. The van der Waals surface area contributed by atoms with Gasteiger partial charge in [0, 0.05) is 11.8 Å². The number of aryl methyl sites for hydroxylation is 1. The van der Waals surface area contributed by atoms with Crippen LogP contribution in [0.25, 0.3) is 0 Å². The van der Waals surface area contributed by atoms with Gasteiger partial charge in [-0.2, -0.15) is 5.26 Å². The first-order valence-electron chi connectivity index (χ1n) is 6.35. The SMILES string of the molecule is Cc1ccccc1C(=O)C(C#N)C(=O)Nc1ccccn1. The van der Waals surface area contributed by atoms with Crippen LogP contribution in [0.4, 0.5) is 5.82 Å². The Labute approximate surface area is 122 Å². The highest BCUT2D eigenvalue weighted by atomic mass is 16.2. The molecule has 0 aliphatic carbocycles. The largest absolute Gasteiger partial charge is 0.309 e. The van der Waals surface area contributed by atoms with Crippen molar-refractivity contribution in [2.45, 2.75) is 6.92 Å². The molecule has 104 valence electrons. The quantitative estimate of drug-likeness (QED) is 0.688. The molecule has 1 atom stereocenters. The summed E-state index contributed by atoms with van der Waals surface area (Å²) in [5.41, 5.74) is 1.11. The molecule has 2 aromatic rings. The standard InChI is InChI=1S/C16H13N3O2/c1-11-6-2-3-7-12(11)15(20)13(10-17)16(21)19-14-8-4-5-9-18-14/h2-9,13H,1H3,(H,18,19,21). The Balaban J connectivity index is 2.20. The lowest BCUT2D eigenvalue weighted by Crippen LogP contribution is -2.29. The van der Waals surface area contributed by atoms with Crippen molar-refractivity contribution in [1.29, 1.82) is 5.26 Å². The summed E-state index contributed by atoms with van der Waals surface area (Å²) in [5.74, 6) is -2.28. The number of hydrogen-bond donors (Lipinski definition) is 1. The summed E-state index contributed by atoms with van der Waals surface area (Å²) in [7, 11) is 0. The summed E-state index contributed by atoms with van der Waals surface area (Å²) in [6.07, 6.45) is 1.51. The second-order valence-electron chi connectivity index (χ2n) is 4.45. The topological polar surface area (TPSA) is 82.8 Å². The van der Waals surface area contributed by atoms with E-state index >= 15 is 0 Å². The van der Waals surface area contributed by atoms with Gasteiger partial charge in [-0.1, -0.05) is 30.3 Å². The van der Waals surface area contributed by atoms with E-state index in [0.717, 1.165) is 5.56 Å². The maximum Gasteiger partial charge on any atom is 0.250 e. The molecular formula is C16H13N3O2. The number of nitriles is 1. The van der Waals surface area contributed by atoms with E-state index in [1.54, 1.807) is 55.5 Å². The van der Waals surface area contributed by atoms with Gasteiger partial charge in [-0.25, -0.2) is 4.98 Å². The van der Waals surface area contributed by atoms with Crippen LogP contribution in [0.2, 0.25) is 0 Å². The number of carbonyl (C=O) groups excluding carboxylic acids is 2. The predicted molar refractivity (Wildman–Crippen MR) is 77.5 cm³/mol. The normalized spacial score (nSPS) is 11.2. The summed E-state index contributed by atoms with van der Waals surface area (Å²) in [6.45, 7) is 1.76. The molecule has 5 heteroatoms. The molecule has 2 rings (SSSR count). The minimum absolute atomic E-state index is 0.306. The van der Waals surface area contributed by atoms with Gasteiger partial charge in [0.25, 0.3) is 5.91 Å². The van der Waals surface area contributed by atoms with Gasteiger partial charge >= 0.3 is 0 Å². The fourth-order valence-electron chi connectivity index (χ4n) is 1.88. The van der Waals surface area contributed by atoms with Gasteiger partial charge in [0.15, 0.2) is 11.7 Å². The zero-order valence-corrected chi connectivity index (χ0v) is 11.4. The molecule has 0 aliphatic heterocycles. The number of ketones is 1. The van der Waals surface area contributed by atoms with Crippen LogP contribution in [0.15, 0.2) is 48.7 Å². The van der Waals surface area contributed by atoms with Crippen LogP contribution in [-0.4, -0.2) is 16.7 Å². The molecule has 1 aromatic carbocycles. The monoisotopic (exact) mass is 279 g/mol. The average Bonchev–Trinajstić information content (AvgIpc) is 2.49. The second-order valence-corrected chi connectivity index (χ2v) is 4.45. The number of carbonyl (C=O) groups is 2. The third-order valence-electron chi connectivity index (χ3n) is 2.98. The molecule has 0 saturated carbocycles. The van der Waals surface area contributed by atoms with Gasteiger partial charge in [0.1, 0.15) is 5.82 Å². The van der Waals surface area contributed by atoms with Crippen LogP contribution in [-0.2, 0) is 4.79 Å². The molecule has 0 aliphatic rings. The first-order chi connectivity index (χ1) is 10.1. The third kappa shape index (κ3) is 3.31. The molecule has 5 nitrogen and oxygen atoms in total. The minimum atomic E-state index is -1.40. The smallest absolute Gasteiger partial charge is 0.250 e. The fraction of sp³-hybridized carbons (Fsp3) is 0.125. The molecule has 1 N–H and O–H groups in total. The van der Waals surface area contributed by atoms with E-state index in [1.165, 1.54) is 6.20 Å². The van der Waals surface area contributed by atoms with Crippen LogP contribution in [0.1, 0.15) is 15.9 Å². The number of pyridine rings is 1. The molecule has 0 spiro atoms. The molecule has 21 heavy (non-hydrogen) atoms. The van der Waals surface area contributed by atoms with E-state index in [1.807, 2.05) is 0 Å². The van der Waals surface area contributed by atoms with Crippen LogP contribution < -0.4 is 5.32 Å². The van der Waals surface area contributed by atoms with Crippen molar-refractivity contribution >= 4 is 17.5 Å². The molecule has 0 fully saturated rings. The molecule has 0 radical (unpaired) electrons. The Morgan fingerprint density at radius 1 is 1.19 bits per heavy atom. The number of nitrogens with zero attached hydrogens (tertiary/aromatic N) is 2. The van der Waals surface area contributed by atoms with Gasteiger partial charge in [0.2, 0.25) is 0 Å². The molecule has 1 amide bonds. The van der Waals surface area contributed by atoms with Crippen LogP contribution in [0, 0.1) is 24.2 Å². The number of amides is 1. The van der Waals surface area contributed by atoms with E-state index < -0.39 is 17.6 Å². The van der Waals surface area contributed by atoms with Crippen LogP contribution in [0.3, 0.4) is 0 Å². The lowest BCUT2D eigenvalue weighted by atomic mass is 9.95. The van der Waals surface area contributed by atoms with Gasteiger partial charge in [-0.15, -0.1) is 0 Å². The maximum atomic E-state index is 12.3. The Hall–Kier alpha value is -3.00. The first kappa shape index (κ1) is 14.4. The maximum absolute atomic E-state index is 12.3. The van der Waals surface area contributed by atoms with Crippen molar-refractivity contribution in [3.63, 3.8) is 0 Å². The van der Waals surface area contributed by atoms with Crippen LogP contribution in [0.5, 0.6) is 0 Å². The van der Waals surface area contributed by atoms with E-state index in [0.29, 0.717) is 11.4 Å². The van der Waals surface area contributed by atoms with Gasteiger partial charge in [-0.05, 0) is 24.6 Å². The Morgan fingerprint density at radius 3 is 2.52 bits per heavy atom. The number of anilines is 1. The number of rotatable bonds is 4. The highest BCUT2D eigenvalue weighted by molar-refractivity contribution is 6.15. The van der Waals surface area contributed by atoms with Crippen molar-refractivity contribution < 1.29 is 9.59 Å². The van der Waals surface area contributed by atoms with E-state index in [4.69, 9.17) is 5.26 Å². The van der Waals surface area contributed by atoms with Gasteiger partial charge in [-0.3, -0.25) is 9.59 Å². The van der Waals surface area contributed by atoms with Crippen LogP contribution >= 0.6 is 0 Å².